The lowest BCUT2D eigenvalue weighted by molar-refractivity contribution is 0.349. The Kier molecular flexibility index (Phi) is 4.04. The van der Waals surface area contributed by atoms with Gasteiger partial charge in [-0.3, -0.25) is 0 Å². The van der Waals surface area contributed by atoms with Crippen molar-refractivity contribution in [2.45, 2.75) is 6.04 Å². The summed E-state index contributed by atoms with van der Waals surface area (Å²) in [5.74, 6) is 1.60. The molecule has 0 fully saturated rings. The third-order valence-corrected chi connectivity index (χ3v) is 4.31. The first-order valence-corrected chi connectivity index (χ1v) is 8.06. The van der Waals surface area contributed by atoms with Crippen molar-refractivity contribution in [3.05, 3.63) is 71.8 Å². The Labute approximate surface area is 149 Å². The van der Waals surface area contributed by atoms with Crippen LogP contribution in [0.1, 0.15) is 17.2 Å². The molecule has 3 aromatic rings. The molecule has 2 heterocycles. The van der Waals surface area contributed by atoms with Crippen molar-refractivity contribution in [1.82, 2.24) is 14.8 Å². The SMILES string of the molecule is COc1cccc(C2C=C(c3ccc(F)cc3)Nc3ncnn32)c1OC. The van der Waals surface area contributed by atoms with Crippen LogP contribution >= 0.6 is 0 Å². The van der Waals surface area contributed by atoms with Gasteiger partial charge in [0.1, 0.15) is 18.2 Å². The molecule has 6 nitrogen and oxygen atoms in total. The fraction of sp³-hybridized carbons (Fsp3) is 0.158. The Morgan fingerprint density at radius 2 is 1.88 bits per heavy atom. The van der Waals surface area contributed by atoms with Crippen LogP contribution in [-0.4, -0.2) is 29.0 Å². The van der Waals surface area contributed by atoms with E-state index in [4.69, 9.17) is 9.47 Å². The van der Waals surface area contributed by atoms with Gasteiger partial charge < -0.3 is 14.8 Å². The molecule has 0 radical (unpaired) electrons. The minimum atomic E-state index is -0.278. The molecular weight excluding hydrogens is 335 g/mol. The monoisotopic (exact) mass is 352 g/mol. The Morgan fingerprint density at radius 3 is 2.62 bits per heavy atom. The Hall–Kier alpha value is -3.35. The van der Waals surface area contributed by atoms with E-state index in [1.807, 2.05) is 24.3 Å². The van der Waals surface area contributed by atoms with Crippen molar-refractivity contribution in [1.29, 1.82) is 0 Å². The number of fused-ring (bicyclic) bond motifs is 1. The van der Waals surface area contributed by atoms with Gasteiger partial charge in [-0.1, -0.05) is 12.1 Å². The molecule has 0 aliphatic carbocycles. The molecule has 2 aromatic carbocycles. The topological polar surface area (TPSA) is 61.2 Å². The molecule has 4 rings (SSSR count). The first-order chi connectivity index (χ1) is 12.7. The first kappa shape index (κ1) is 16.1. The van der Waals surface area contributed by atoms with E-state index in [0.29, 0.717) is 17.4 Å². The second-order valence-corrected chi connectivity index (χ2v) is 5.77. The van der Waals surface area contributed by atoms with Crippen LogP contribution in [0.4, 0.5) is 10.3 Å². The zero-order chi connectivity index (χ0) is 18.1. The van der Waals surface area contributed by atoms with E-state index < -0.39 is 0 Å². The smallest absolute Gasteiger partial charge is 0.226 e. The predicted molar refractivity (Wildman–Crippen MR) is 95.7 cm³/mol. The van der Waals surface area contributed by atoms with Crippen molar-refractivity contribution < 1.29 is 13.9 Å². The summed E-state index contributed by atoms with van der Waals surface area (Å²) in [5.41, 5.74) is 2.56. The summed E-state index contributed by atoms with van der Waals surface area (Å²) in [5, 5.41) is 7.56. The van der Waals surface area contributed by atoms with Crippen molar-refractivity contribution >= 4 is 11.6 Å². The number of nitrogens with zero attached hydrogens (tertiary/aromatic N) is 3. The molecule has 132 valence electrons. The molecule has 1 aliphatic rings. The number of hydrogen-bond donors (Lipinski definition) is 1. The normalized spacial score (nSPS) is 15.7. The molecule has 1 aliphatic heterocycles. The molecule has 1 atom stereocenters. The van der Waals surface area contributed by atoms with Crippen LogP contribution in [0, 0.1) is 5.82 Å². The standard InChI is InChI=1S/C19H17FN4O2/c1-25-17-5-3-4-14(18(17)26-2)16-10-15(12-6-8-13(20)9-7-12)23-19-21-11-22-24(16)19/h3-11,16H,1-2H3,(H,21,22,23). The zero-order valence-electron chi connectivity index (χ0n) is 14.3. The van der Waals surface area contributed by atoms with Crippen molar-refractivity contribution in [2.24, 2.45) is 0 Å². The molecule has 0 spiro atoms. The lowest BCUT2D eigenvalue weighted by Gasteiger charge is -2.26. The minimum Gasteiger partial charge on any atom is -0.493 e. The van der Waals surface area contributed by atoms with E-state index in [0.717, 1.165) is 16.8 Å². The summed E-state index contributed by atoms with van der Waals surface area (Å²) < 4.78 is 26.0. The Morgan fingerprint density at radius 1 is 1.08 bits per heavy atom. The van der Waals surface area contributed by atoms with Gasteiger partial charge in [0.05, 0.1) is 14.2 Å². The predicted octanol–water partition coefficient (Wildman–Crippen LogP) is 3.49. The summed E-state index contributed by atoms with van der Waals surface area (Å²) >= 11 is 0. The maximum Gasteiger partial charge on any atom is 0.226 e. The van der Waals surface area contributed by atoms with Gasteiger partial charge in [-0.05, 0) is 42.0 Å². The van der Waals surface area contributed by atoms with Gasteiger partial charge in [0, 0.05) is 11.3 Å². The first-order valence-electron chi connectivity index (χ1n) is 8.06. The van der Waals surface area contributed by atoms with E-state index in [-0.39, 0.29) is 11.9 Å². The highest BCUT2D eigenvalue weighted by molar-refractivity contribution is 5.77. The summed E-state index contributed by atoms with van der Waals surface area (Å²) in [4.78, 5) is 4.28. The van der Waals surface area contributed by atoms with Crippen LogP contribution in [0.5, 0.6) is 11.5 Å². The van der Waals surface area contributed by atoms with E-state index in [9.17, 15) is 4.39 Å². The number of nitrogens with one attached hydrogen (secondary N) is 1. The maximum absolute atomic E-state index is 13.3. The van der Waals surface area contributed by atoms with Crippen molar-refractivity contribution in [2.75, 3.05) is 19.5 Å². The third kappa shape index (κ3) is 2.67. The van der Waals surface area contributed by atoms with Crippen LogP contribution in [0.3, 0.4) is 0 Å². The fourth-order valence-electron chi connectivity index (χ4n) is 3.10. The van der Waals surface area contributed by atoms with Crippen molar-refractivity contribution in [3.8, 4) is 11.5 Å². The molecule has 7 heteroatoms. The average molecular weight is 352 g/mol. The summed E-state index contributed by atoms with van der Waals surface area (Å²) in [6.45, 7) is 0. The van der Waals surface area contributed by atoms with Crippen LogP contribution in [-0.2, 0) is 0 Å². The highest BCUT2D eigenvalue weighted by Crippen LogP contribution is 2.40. The van der Waals surface area contributed by atoms with Gasteiger partial charge in [0.25, 0.3) is 0 Å². The highest BCUT2D eigenvalue weighted by atomic mass is 19.1. The number of benzene rings is 2. The number of rotatable bonds is 4. The van der Waals surface area contributed by atoms with Gasteiger partial charge in [-0.15, -0.1) is 0 Å². The van der Waals surface area contributed by atoms with Gasteiger partial charge in [-0.25, -0.2) is 9.07 Å². The molecule has 1 aromatic heterocycles. The Bertz CT molecular complexity index is 966. The molecule has 0 saturated carbocycles. The number of allylic oxidation sites excluding steroid dienone is 1. The molecule has 0 amide bonds. The molecule has 1 unspecified atom stereocenters. The summed E-state index contributed by atoms with van der Waals surface area (Å²) in [6.07, 6.45) is 3.50. The van der Waals surface area contributed by atoms with Crippen molar-refractivity contribution in [3.63, 3.8) is 0 Å². The molecular formula is C19H17FN4O2. The molecule has 0 saturated heterocycles. The van der Waals surface area contributed by atoms with Crippen LogP contribution < -0.4 is 14.8 Å². The quantitative estimate of drug-likeness (QED) is 0.779. The summed E-state index contributed by atoms with van der Waals surface area (Å²) in [7, 11) is 3.21. The number of halogens is 1. The number of ether oxygens (including phenoxy) is 2. The van der Waals surface area contributed by atoms with Gasteiger partial charge in [0.15, 0.2) is 11.5 Å². The number of para-hydroxylation sites is 1. The van der Waals surface area contributed by atoms with Gasteiger partial charge in [-0.2, -0.15) is 10.1 Å². The van der Waals surface area contributed by atoms with Gasteiger partial charge in [0.2, 0.25) is 5.95 Å². The lowest BCUT2D eigenvalue weighted by atomic mass is 10.0. The van der Waals surface area contributed by atoms with Crippen LogP contribution in [0.25, 0.3) is 5.70 Å². The lowest BCUT2D eigenvalue weighted by Crippen LogP contribution is -2.20. The minimum absolute atomic E-state index is 0.251. The van der Waals surface area contributed by atoms with Crippen LogP contribution in [0.2, 0.25) is 0 Å². The third-order valence-electron chi connectivity index (χ3n) is 4.31. The number of aromatic nitrogens is 3. The van der Waals surface area contributed by atoms with E-state index >= 15 is 0 Å². The fourth-order valence-corrected chi connectivity index (χ4v) is 3.10. The van der Waals surface area contributed by atoms with Gasteiger partial charge >= 0.3 is 0 Å². The van der Waals surface area contributed by atoms with Crippen LogP contribution in [0.15, 0.2) is 54.9 Å². The highest BCUT2D eigenvalue weighted by Gasteiger charge is 2.27. The molecule has 1 N–H and O–H groups in total. The largest absolute Gasteiger partial charge is 0.493 e. The number of methoxy groups -OCH3 is 2. The van der Waals surface area contributed by atoms with E-state index in [1.54, 1.807) is 31.0 Å². The molecule has 26 heavy (non-hydrogen) atoms. The molecule has 0 bridgehead atoms. The van der Waals surface area contributed by atoms with E-state index in [2.05, 4.69) is 15.4 Å². The second-order valence-electron chi connectivity index (χ2n) is 5.77. The second kappa shape index (κ2) is 6.51. The number of hydrogen-bond acceptors (Lipinski definition) is 5. The number of anilines is 1. The zero-order valence-corrected chi connectivity index (χ0v) is 14.3. The Balaban J connectivity index is 1.85. The summed E-state index contributed by atoms with van der Waals surface area (Å²) in [6, 6.07) is 11.8. The average Bonchev–Trinajstić information content (AvgIpc) is 3.15. The van der Waals surface area contributed by atoms with E-state index in [1.165, 1.54) is 18.5 Å². The maximum atomic E-state index is 13.3.